The number of piperidine rings is 1. The lowest BCUT2D eigenvalue weighted by molar-refractivity contribution is 0.0606. The number of carbonyl (C=O) groups excluding carboxylic acids is 1. The summed E-state index contributed by atoms with van der Waals surface area (Å²) in [4.78, 5) is 32.2. The van der Waals surface area contributed by atoms with Crippen LogP contribution in [0.15, 0.2) is 53.3 Å². The van der Waals surface area contributed by atoms with E-state index in [1.165, 1.54) is 0 Å². The van der Waals surface area contributed by atoms with Crippen LogP contribution in [0.25, 0.3) is 21.0 Å². The Morgan fingerprint density at radius 1 is 1.07 bits per heavy atom. The Balaban J connectivity index is 1.58. The van der Waals surface area contributed by atoms with E-state index < -0.39 is 0 Å². The zero-order valence-electron chi connectivity index (χ0n) is 15.1. The van der Waals surface area contributed by atoms with Crippen molar-refractivity contribution < 1.29 is 4.79 Å². The van der Waals surface area contributed by atoms with Gasteiger partial charge in [-0.05, 0) is 37.5 Å². The maximum atomic E-state index is 13.4. The van der Waals surface area contributed by atoms with Gasteiger partial charge in [0.15, 0.2) is 5.69 Å². The number of nitrogens with zero attached hydrogens (tertiary/aromatic N) is 3. The second-order valence-corrected chi connectivity index (χ2v) is 8.04. The molecule has 0 spiro atoms. The maximum absolute atomic E-state index is 13.4. The molecule has 1 atom stereocenters. The number of benzene rings is 2. The summed E-state index contributed by atoms with van der Waals surface area (Å²) in [5.41, 5.74) is 0.977. The topological polar surface area (TPSA) is 79.0 Å². The highest BCUT2D eigenvalue weighted by Gasteiger charge is 2.32. The molecule has 4 aromatic rings. The van der Waals surface area contributed by atoms with Crippen molar-refractivity contribution in [1.29, 1.82) is 0 Å². The molecule has 1 unspecified atom stereocenters. The van der Waals surface area contributed by atoms with Crippen molar-refractivity contribution in [2.24, 2.45) is 0 Å². The molecule has 0 saturated carbocycles. The molecule has 0 radical (unpaired) electrons. The number of thiazole rings is 1. The van der Waals surface area contributed by atoms with Gasteiger partial charge in [0.25, 0.3) is 11.5 Å². The largest absolute Gasteiger partial charge is 0.328 e. The van der Waals surface area contributed by atoms with Crippen LogP contribution in [0, 0.1) is 0 Å². The van der Waals surface area contributed by atoms with E-state index in [4.69, 9.17) is 4.98 Å². The molecule has 0 bridgehead atoms. The molecule has 7 heteroatoms. The van der Waals surface area contributed by atoms with Crippen LogP contribution in [-0.2, 0) is 0 Å². The number of aromatic nitrogens is 3. The number of likely N-dealkylation sites (tertiary alicyclic amines) is 1. The van der Waals surface area contributed by atoms with Gasteiger partial charge in [-0.25, -0.2) is 10.1 Å². The molecule has 1 aliphatic rings. The number of nitrogens with one attached hydrogen (secondary N) is 1. The van der Waals surface area contributed by atoms with Gasteiger partial charge in [-0.2, -0.15) is 5.10 Å². The highest BCUT2D eigenvalue weighted by atomic mass is 32.1. The van der Waals surface area contributed by atoms with Crippen molar-refractivity contribution in [3.05, 3.63) is 69.6 Å². The average Bonchev–Trinajstić information content (AvgIpc) is 3.18. The third-order valence-corrected chi connectivity index (χ3v) is 6.40. The van der Waals surface area contributed by atoms with Gasteiger partial charge in [0.2, 0.25) is 0 Å². The van der Waals surface area contributed by atoms with E-state index in [1.807, 2.05) is 29.2 Å². The molecule has 140 valence electrons. The molecule has 28 heavy (non-hydrogen) atoms. The minimum Gasteiger partial charge on any atom is -0.328 e. The van der Waals surface area contributed by atoms with Crippen LogP contribution < -0.4 is 5.56 Å². The lowest BCUT2D eigenvalue weighted by atomic mass is 10.0. The van der Waals surface area contributed by atoms with Crippen molar-refractivity contribution in [3.8, 4) is 0 Å². The summed E-state index contributed by atoms with van der Waals surface area (Å²) in [6, 6.07) is 15.1. The predicted molar refractivity (Wildman–Crippen MR) is 110 cm³/mol. The second kappa shape index (κ2) is 6.83. The summed E-state index contributed by atoms with van der Waals surface area (Å²) in [5.74, 6) is -0.156. The Labute approximate surface area is 164 Å². The zero-order chi connectivity index (χ0) is 19.1. The van der Waals surface area contributed by atoms with Gasteiger partial charge in [0, 0.05) is 11.9 Å². The van der Waals surface area contributed by atoms with Crippen molar-refractivity contribution in [2.45, 2.75) is 25.3 Å². The molecule has 1 saturated heterocycles. The van der Waals surface area contributed by atoms with Crippen molar-refractivity contribution in [2.75, 3.05) is 6.54 Å². The summed E-state index contributed by atoms with van der Waals surface area (Å²) in [6.07, 6.45) is 2.89. The van der Waals surface area contributed by atoms with Gasteiger partial charge in [0.05, 0.1) is 21.6 Å². The zero-order valence-corrected chi connectivity index (χ0v) is 15.9. The summed E-state index contributed by atoms with van der Waals surface area (Å²) in [7, 11) is 0. The smallest absolute Gasteiger partial charge is 0.275 e. The van der Waals surface area contributed by atoms with Crippen LogP contribution in [0.4, 0.5) is 0 Å². The quantitative estimate of drug-likeness (QED) is 0.563. The Morgan fingerprint density at radius 3 is 2.71 bits per heavy atom. The summed E-state index contributed by atoms with van der Waals surface area (Å²) in [6.45, 7) is 0.661. The molecule has 1 amide bonds. The average molecular weight is 390 g/mol. The Morgan fingerprint density at radius 2 is 1.86 bits per heavy atom. The van der Waals surface area contributed by atoms with Crippen molar-refractivity contribution >= 4 is 38.2 Å². The Bertz CT molecular complexity index is 1210. The van der Waals surface area contributed by atoms with Crippen LogP contribution in [-0.4, -0.2) is 32.5 Å². The monoisotopic (exact) mass is 390 g/mol. The minimum absolute atomic E-state index is 0.0638. The number of rotatable bonds is 2. The number of hydrogen-bond donors (Lipinski definition) is 1. The number of amides is 1. The second-order valence-electron chi connectivity index (χ2n) is 6.98. The fraction of sp³-hybridized carbons (Fsp3) is 0.238. The Kier molecular flexibility index (Phi) is 4.16. The SMILES string of the molecule is O=C(c1n[nH]c(=O)c2ccccc12)N1CCCCC1c1nc2ccccc2s1. The summed E-state index contributed by atoms with van der Waals surface area (Å²) in [5, 5.41) is 8.61. The van der Waals surface area contributed by atoms with Crippen LogP contribution in [0.5, 0.6) is 0 Å². The highest BCUT2D eigenvalue weighted by Crippen LogP contribution is 2.36. The van der Waals surface area contributed by atoms with Crippen molar-refractivity contribution in [3.63, 3.8) is 0 Å². The van der Waals surface area contributed by atoms with E-state index in [0.29, 0.717) is 23.0 Å². The molecule has 2 aromatic heterocycles. The van der Waals surface area contributed by atoms with E-state index in [9.17, 15) is 9.59 Å². The molecule has 0 aliphatic carbocycles. The first-order chi connectivity index (χ1) is 13.7. The molecule has 2 aromatic carbocycles. The summed E-state index contributed by atoms with van der Waals surface area (Å²) >= 11 is 1.64. The van der Waals surface area contributed by atoms with Crippen LogP contribution in [0.1, 0.15) is 40.8 Å². The van der Waals surface area contributed by atoms with Crippen LogP contribution >= 0.6 is 11.3 Å². The van der Waals surface area contributed by atoms with Crippen LogP contribution in [0.2, 0.25) is 0 Å². The fourth-order valence-corrected chi connectivity index (χ4v) is 4.99. The van der Waals surface area contributed by atoms with Crippen LogP contribution in [0.3, 0.4) is 0 Å². The third kappa shape index (κ3) is 2.79. The molecule has 1 fully saturated rings. The van der Waals surface area contributed by atoms with Gasteiger partial charge in [-0.1, -0.05) is 30.3 Å². The molecule has 6 nitrogen and oxygen atoms in total. The lowest BCUT2D eigenvalue weighted by Crippen LogP contribution is -2.39. The fourth-order valence-electron chi connectivity index (χ4n) is 3.88. The van der Waals surface area contributed by atoms with Gasteiger partial charge in [-0.3, -0.25) is 9.59 Å². The van der Waals surface area contributed by atoms with Crippen molar-refractivity contribution in [1.82, 2.24) is 20.1 Å². The number of H-pyrrole nitrogens is 1. The standard InChI is InChI=1S/C21H18N4O2S/c26-19-14-8-2-1-7-13(14)18(23-24-19)21(27)25-12-6-5-10-16(25)20-22-15-9-3-4-11-17(15)28-20/h1-4,7-9,11,16H,5-6,10,12H2,(H,24,26). The molecule has 3 heterocycles. The molecule has 1 aliphatic heterocycles. The van der Waals surface area contributed by atoms with E-state index in [0.717, 1.165) is 34.5 Å². The van der Waals surface area contributed by atoms with Gasteiger partial charge in [-0.15, -0.1) is 11.3 Å². The highest BCUT2D eigenvalue weighted by molar-refractivity contribution is 7.18. The number of hydrogen-bond acceptors (Lipinski definition) is 5. The maximum Gasteiger partial charge on any atom is 0.275 e. The van der Waals surface area contributed by atoms with Gasteiger partial charge >= 0.3 is 0 Å². The molecule has 1 N–H and O–H groups in total. The first kappa shape index (κ1) is 17.1. The third-order valence-electron chi connectivity index (χ3n) is 5.26. The predicted octanol–water partition coefficient (Wildman–Crippen LogP) is 3.90. The van der Waals surface area contributed by atoms with E-state index >= 15 is 0 Å². The van der Waals surface area contributed by atoms with E-state index in [1.54, 1.807) is 29.5 Å². The normalized spacial score (nSPS) is 17.3. The van der Waals surface area contributed by atoms with Gasteiger partial charge < -0.3 is 4.90 Å². The molecule has 5 rings (SSSR count). The number of carbonyl (C=O) groups is 1. The molecular formula is C21H18N4O2S. The first-order valence-electron chi connectivity index (χ1n) is 9.36. The van der Waals surface area contributed by atoms with E-state index in [-0.39, 0.29) is 17.5 Å². The summed E-state index contributed by atoms with van der Waals surface area (Å²) < 4.78 is 1.13. The number of fused-ring (bicyclic) bond motifs is 2. The number of para-hydroxylation sites is 1. The Hall–Kier alpha value is -3.06. The lowest BCUT2D eigenvalue weighted by Gasteiger charge is -2.34. The van der Waals surface area contributed by atoms with Gasteiger partial charge in [0.1, 0.15) is 5.01 Å². The number of aromatic amines is 1. The first-order valence-corrected chi connectivity index (χ1v) is 10.2. The molecular weight excluding hydrogens is 372 g/mol. The van der Waals surface area contributed by atoms with E-state index in [2.05, 4.69) is 16.3 Å². The minimum atomic E-state index is -0.284.